The third-order valence-electron chi connectivity index (χ3n) is 5.25. The number of carbonyl (C=O) groups excluding carboxylic acids is 1. The number of nitrogens with zero attached hydrogens (tertiary/aromatic N) is 5. The lowest BCUT2D eigenvalue weighted by atomic mass is 9.95. The lowest BCUT2D eigenvalue weighted by molar-refractivity contribution is -0.126. The van der Waals surface area contributed by atoms with Gasteiger partial charge in [0.15, 0.2) is 0 Å². The van der Waals surface area contributed by atoms with Gasteiger partial charge in [-0.3, -0.25) is 4.79 Å². The Labute approximate surface area is 154 Å². The van der Waals surface area contributed by atoms with E-state index in [4.69, 9.17) is 0 Å². The fraction of sp³-hybridized carbons (Fsp3) is 0.579. The number of hydrogen-bond acceptors (Lipinski definition) is 5. The van der Waals surface area contributed by atoms with Crippen LogP contribution in [0.4, 0.5) is 5.95 Å². The Hall–Kier alpha value is -2.44. The lowest BCUT2D eigenvalue weighted by Crippen LogP contribution is -2.45. The highest BCUT2D eigenvalue weighted by molar-refractivity contribution is 5.79. The molecule has 1 N–H and O–H groups in total. The van der Waals surface area contributed by atoms with E-state index in [0.717, 1.165) is 37.6 Å². The van der Waals surface area contributed by atoms with Crippen molar-refractivity contribution in [3.05, 3.63) is 29.8 Å². The third kappa shape index (κ3) is 4.03. The van der Waals surface area contributed by atoms with Crippen LogP contribution in [-0.4, -0.2) is 45.2 Å². The summed E-state index contributed by atoms with van der Waals surface area (Å²) in [5.41, 5.74) is 2.15. The van der Waals surface area contributed by atoms with Crippen molar-refractivity contribution in [2.75, 3.05) is 18.0 Å². The van der Waals surface area contributed by atoms with E-state index in [1.165, 1.54) is 5.56 Å². The first kappa shape index (κ1) is 18.4. The summed E-state index contributed by atoms with van der Waals surface area (Å²) in [6.45, 7) is 9.92. The van der Waals surface area contributed by atoms with Gasteiger partial charge in [0.2, 0.25) is 11.9 Å². The molecule has 1 saturated heterocycles. The molecule has 0 bridgehead atoms. The van der Waals surface area contributed by atoms with Crippen LogP contribution in [0.3, 0.4) is 0 Å². The molecule has 0 spiro atoms. The molecule has 7 nitrogen and oxygen atoms in total. The Morgan fingerprint density at radius 2 is 1.81 bits per heavy atom. The SMILES string of the molecule is Cc1ccc(-n2nnnc2N2CCC(C(=O)N[C@H](C)C(C)C)CC2)cc1. The first-order valence-corrected chi connectivity index (χ1v) is 9.36. The van der Waals surface area contributed by atoms with Gasteiger partial charge < -0.3 is 10.2 Å². The largest absolute Gasteiger partial charge is 0.353 e. The van der Waals surface area contributed by atoms with Gasteiger partial charge in [-0.15, -0.1) is 0 Å². The van der Waals surface area contributed by atoms with Crippen LogP contribution in [0.15, 0.2) is 24.3 Å². The number of anilines is 1. The first-order valence-electron chi connectivity index (χ1n) is 9.36. The molecule has 7 heteroatoms. The third-order valence-corrected chi connectivity index (χ3v) is 5.25. The van der Waals surface area contributed by atoms with E-state index in [2.05, 4.69) is 53.4 Å². The number of piperidine rings is 1. The molecule has 0 unspecified atom stereocenters. The molecule has 3 rings (SSSR count). The number of amides is 1. The zero-order valence-corrected chi connectivity index (χ0v) is 16.0. The Kier molecular flexibility index (Phi) is 5.54. The van der Waals surface area contributed by atoms with Gasteiger partial charge in [0.25, 0.3) is 0 Å². The van der Waals surface area contributed by atoms with Crippen LogP contribution in [-0.2, 0) is 4.79 Å². The number of tetrazole rings is 1. The molecule has 1 fully saturated rings. The van der Waals surface area contributed by atoms with Gasteiger partial charge in [-0.2, -0.15) is 4.68 Å². The Balaban J connectivity index is 1.63. The summed E-state index contributed by atoms with van der Waals surface area (Å²) in [5, 5.41) is 15.3. The number of aryl methyl sites for hydroxylation is 1. The minimum Gasteiger partial charge on any atom is -0.353 e. The topological polar surface area (TPSA) is 75.9 Å². The predicted molar refractivity (Wildman–Crippen MR) is 101 cm³/mol. The Morgan fingerprint density at radius 3 is 2.42 bits per heavy atom. The summed E-state index contributed by atoms with van der Waals surface area (Å²) in [6, 6.07) is 8.33. The number of benzene rings is 1. The average Bonchev–Trinajstić information content (AvgIpc) is 3.12. The molecule has 1 aromatic carbocycles. The molecule has 1 amide bonds. The van der Waals surface area contributed by atoms with Crippen molar-refractivity contribution in [1.29, 1.82) is 0 Å². The molecule has 2 aromatic rings. The maximum Gasteiger partial charge on any atom is 0.250 e. The average molecular weight is 356 g/mol. The van der Waals surface area contributed by atoms with E-state index >= 15 is 0 Å². The van der Waals surface area contributed by atoms with Crippen LogP contribution in [0.5, 0.6) is 0 Å². The van der Waals surface area contributed by atoms with Gasteiger partial charge in [-0.25, -0.2) is 0 Å². The van der Waals surface area contributed by atoms with Crippen molar-refractivity contribution in [2.45, 2.75) is 46.6 Å². The number of rotatable bonds is 5. The summed E-state index contributed by atoms with van der Waals surface area (Å²) in [6.07, 6.45) is 1.63. The number of hydrogen-bond donors (Lipinski definition) is 1. The van der Waals surface area contributed by atoms with Gasteiger partial charge in [-0.1, -0.05) is 36.6 Å². The normalized spacial score (nSPS) is 16.7. The van der Waals surface area contributed by atoms with Crippen molar-refractivity contribution >= 4 is 11.9 Å². The lowest BCUT2D eigenvalue weighted by Gasteiger charge is -2.32. The molecule has 1 aromatic heterocycles. The summed E-state index contributed by atoms with van der Waals surface area (Å²) >= 11 is 0. The molecular formula is C19H28N6O. The molecule has 0 aliphatic carbocycles. The van der Waals surface area contributed by atoms with Crippen LogP contribution in [0, 0.1) is 18.8 Å². The smallest absolute Gasteiger partial charge is 0.250 e. The summed E-state index contributed by atoms with van der Waals surface area (Å²) in [7, 11) is 0. The summed E-state index contributed by atoms with van der Waals surface area (Å²) < 4.78 is 1.76. The van der Waals surface area contributed by atoms with Crippen molar-refractivity contribution < 1.29 is 4.79 Å². The van der Waals surface area contributed by atoms with Gasteiger partial charge >= 0.3 is 0 Å². The highest BCUT2D eigenvalue weighted by Crippen LogP contribution is 2.23. The zero-order valence-electron chi connectivity index (χ0n) is 16.0. The standard InChI is InChI=1S/C19H28N6O/c1-13(2)15(4)20-18(26)16-9-11-24(12-10-16)19-21-22-23-25(19)17-7-5-14(3)6-8-17/h5-8,13,15-16H,9-12H2,1-4H3,(H,20,26)/t15-/m1/s1. The molecule has 140 valence electrons. The first-order chi connectivity index (χ1) is 12.5. The summed E-state index contributed by atoms with van der Waals surface area (Å²) in [4.78, 5) is 14.6. The summed E-state index contributed by atoms with van der Waals surface area (Å²) in [5.74, 6) is 1.42. The van der Waals surface area contributed by atoms with Gasteiger partial charge in [0, 0.05) is 25.0 Å². The number of nitrogens with one attached hydrogen (secondary N) is 1. The van der Waals surface area contributed by atoms with Crippen molar-refractivity contribution in [3.63, 3.8) is 0 Å². The molecule has 1 atom stereocenters. The fourth-order valence-electron chi connectivity index (χ4n) is 3.08. The van der Waals surface area contributed by atoms with Crippen LogP contribution in [0.1, 0.15) is 39.2 Å². The van der Waals surface area contributed by atoms with Gasteiger partial charge in [0.05, 0.1) is 5.69 Å². The van der Waals surface area contributed by atoms with E-state index < -0.39 is 0 Å². The monoisotopic (exact) mass is 356 g/mol. The Bertz CT molecular complexity index is 731. The minimum atomic E-state index is 0.0659. The molecule has 0 radical (unpaired) electrons. The van der Waals surface area contributed by atoms with E-state index in [9.17, 15) is 4.79 Å². The maximum atomic E-state index is 12.5. The van der Waals surface area contributed by atoms with E-state index in [-0.39, 0.29) is 17.9 Å². The highest BCUT2D eigenvalue weighted by atomic mass is 16.1. The molecule has 26 heavy (non-hydrogen) atoms. The van der Waals surface area contributed by atoms with Crippen molar-refractivity contribution in [2.24, 2.45) is 11.8 Å². The second kappa shape index (κ2) is 7.85. The minimum absolute atomic E-state index is 0.0659. The second-order valence-electron chi connectivity index (χ2n) is 7.53. The fourth-order valence-corrected chi connectivity index (χ4v) is 3.08. The maximum absolute atomic E-state index is 12.5. The Morgan fingerprint density at radius 1 is 1.15 bits per heavy atom. The highest BCUT2D eigenvalue weighted by Gasteiger charge is 2.28. The van der Waals surface area contributed by atoms with E-state index in [0.29, 0.717) is 5.92 Å². The molecule has 0 saturated carbocycles. The predicted octanol–water partition coefficient (Wildman–Crippen LogP) is 2.35. The molecule has 1 aliphatic rings. The zero-order chi connectivity index (χ0) is 18.7. The van der Waals surface area contributed by atoms with Crippen molar-refractivity contribution in [3.8, 4) is 5.69 Å². The van der Waals surface area contributed by atoms with Crippen LogP contribution < -0.4 is 10.2 Å². The van der Waals surface area contributed by atoms with Crippen LogP contribution in [0.25, 0.3) is 5.69 Å². The van der Waals surface area contributed by atoms with E-state index in [1.807, 2.05) is 24.3 Å². The van der Waals surface area contributed by atoms with Crippen LogP contribution >= 0.6 is 0 Å². The van der Waals surface area contributed by atoms with Gasteiger partial charge in [0.1, 0.15) is 0 Å². The van der Waals surface area contributed by atoms with Gasteiger partial charge in [-0.05, 0) is 55.2 Å². The van der Waals surface area contributed by atoms with Crippen LogP contribution in [0.2, 0.25) is 0 Å². The second-order valence-corrected chi connectivity index (χ2v) is 7.53. The van der Waals surface area contributed by atoms with E-state index in [1.54, 1.807) is 4.68 Å². The number of carbonyl (C=O) groups is 1. The van der Waals surface area contributed by atoms with Crippen molar-refractivity contribution in [1.82, 2.24) is 25.5 Å². The number of aromatic nitrogens is 4. The quantitative estimate of drug-likeness (QED) is 0.890. The molecular weight excluding hydrogens is 328 g/mol. The molecule has 2 heterocycles. The molecule has 1 aliphatic heterocycles.